The number of hydrogen-bond acceptors (Lipinski definition) is 7. The predicted octanol–water partition coefficient (Wildman–Crippen LogP) is 4.01. The zero-order chi connectivity index (χ0) is 23.8. The van der Waals surface area contributed by atoms with Gasteiger partial charge in [-0.2, -0.15) is 5.10 Å². The highest BCUT2D eigenvalue weighted by Crippen LogP contribution is 2.35. The summed E-state index contributed by atoms with van der Waals surface area (Å²) in [6, 6.07) is 4.76. The van der Waals surface area contributed by atoms with E-state index in [1.54, 1.807) is 18.3 Å². The lowest BCUT2D eigenvalue weighted by molar-refractivity contribution is 0.0403. The molecule has 2 unspecified atom stereocenters. The number of aromatic nitrogens is 6. The number of aliphatic hydroxyl groups excluding tert-OH is 1. The monoisotopic (exact) mass is 499 g/mol. The predicted molar refractivity (Wildman–Crippen MR) is 131 cm³/mol. The van der Waals surface area contributed by atoms with Crippen molar-refractivity contribution < 1.29 is 9.90 Å². The Bertz CT molecular complexity index is 1300. The zero-order valence-electron chi connectivity index (χ0n) is 18.9. The van der Waals surface area contributed by atoms with Crippen molar-refractivity contribution in [3.05, 3.63) is 45.8 Å². The van der Waals surface area contributed by atoms with Crippen LogP contribution in [0, 0.1) is 5.92 Å². The van der Waals surface area contributed by atoms with Gasteiger partial charge in [-0.25, -0.2) is 9.97 Å². The molecule has 4 heterocycles. The average molecular weight is 500 g/mol. The lowest BCUT2D eigenvalue weighted by Gasteiger charge is -2.37. The van der Waals surface area contributed by atoms with E-state index in [0.29, 0.717) is 33.1 Å². The minimum absolute atomic E-state index is 0.212. The standard InChI is InChI=1S/C23H26ClN7O2S/c1-12(2)8-20-28-15-10-25-14(22-26-11-27-30-22)9-17(15)31(20)16-5-3-4-13(21(16)32)29-23(33)18-6-7-19(24)34-18/h6-7,9-13,16,21,32H,3-5,8H2,1-2H3,(H,29,33)(H,26,27,30)/t13?,16?,21-/m1/s1. The van der Waals surface area contributed by atoms with Crippen LogP contribution >= 0.6 is 22.9 Å². The highest BCUT2D eigenvalue weighted by atomic mass is 35.5. The molecule has 0 radical (unpaired) electrons. The topological polar surface area (TPSA) is 122 Å². The van der Waals surface area contributed by atoms with E-state index in [1.165, 1.54) is 17.7 Å². The molecule has 1 saturated carbocycles. The Balaban J connectivity index is 1.50. The van der Waals surface area contributed by atoms with Crippen molar-refractivity contribution in [1.82, 2.24) is 35.0 Å². The summed E-state index contributed by atoms with van der Waals surface area (Å²) in [6.07, 6.45) is 5.55. The van der Waals surface area contributed by atoms with Gasteiger partial charge in [0.1, 0.15) is 23.4 Å². The summed E-state index contributed by atoms with van der Waals surface area (Å²) in [5.74, 6) is 1.65. The Hall–Kier alpha value is -2.82. The molecule has 0 spiro atoms. The highest BCUT2D eigenvalue weighted by molar-refractivity contribution is 7.18. The third-order valence-corrected chi connectivity index (χ3v) is 7.39. The molecule has 1 amide bonds. The number of halogens is 1. The number of aromatic amines is 1. The van der Waals surface area contributed by atoms with Gasteiger partial charge in [0.25, 0.3) is 5.91 Å². The fourth-order valence-electron chi connectivity index (χ4n) is 4.66. The number of carbonyl (C=O) groups excluding carboxylic acids is 1. The smallest absolute Gasteiger partial charge is 0.261 e. The van der Waals surface area contributed by atoms with Gasteiger partial charge in [-0.3, -0.25) is 14.9 Å². The summed E-state index contributed by atoms with van der Waals surface area (Å²) < 4.78 is 2.70. The van der Waals surface area contributed by atoms with Crippen LogP contribution in [0.1, 0.15) is 54.6 Å². The van der Waals surface area contributed by atoms with Crippen LogP contribution in [0.4, 0.5) is 0 Å². The third-order valence-electron chi connectivity index (χ3n) is 6.16. The second-order valence-corrected chi connectivity index (χ2v) is 10.8. The van der Waals surface area contributed by atoms with E-state index in [-0.39, 0.29) is 18.0 Å². The van der Waals surface area contributed by atoms with Gasteiger partial charge in [0.2, 0.25) is 0 Å². The number of amides is 1. The number of hydrogen-bond donors (Lipinski definition) is 3. The summed E-state index contributed by atoms with van der Waals surface area (Å²) in [5, 5.41) is 21.2. The van der Waals surface area contributed by atoms with Gasteiger partial charge in [0.15, 0.2) is 5.82 Å². The van der Waals surface area contributed by atoms with Crippen LogP contribution < -0.4 is 5.32 Å². The Morgan fingerprint density at radius 1 is 1.35 bits per heavy atom. The first kappa shape index (κ1) is 22.9. The lowest BCUT2D eigenvalue weighted by Crippen LogP contribution is -2.49. The molecule has 4 aromatic heterocycles. The molecule has 3 N–H and O–H groups in total. The minimum atomic E-state index is -0.765. The fourth-order valence-corrected chi connectivity index (χ4v) is 5.60. The second kappa shape index (κ2) is 9.44. The van der Waals surface area contributed by atoms with Crippen LogP contribution in [0.15, 0.2) is 30.7 Å². The van der Waals surface area contributed by atoms with Gasteiger partial charge >= 0.3 is 0 Å². The van der Waals surface area contributed by atoms with Crippen molar-refractivity contribution in [2.75, 3.05) is 0 Å². The number of thiophene rings is 1. The number of fused-ring (bicyclic) bond motifs is 1. The summed E-state index contributed by atoms with van der Waals surface area (Å²) in [5.41, 5.74) is 2.32. The van der Waals surface area contributed by atoms with E-state index in [9.17, 15) is 9.90 Å². The number of carbonyl (C=O) groups is 1. The average Bonchev–Trinajstić information content (AvgIpc) is 3.54. The number of imidazole rings is 1. The SMILES string of the molecule is CC(C)Cc1nc2cnc(-c3ncn[nH]3)cc2n1C1CCCC(NC(=O)c2ccc(Cl)s2)[C@H]1O. The van der Waals surface area contributed by atoms with Gasteiger partial charge < -0.3 is 15.0 Å². The zero-order valence-corrected chi connectivity index (χ0v) is 20.5. The normalized spacial score (nSPS) is 20.8. The molecule has 3 atom stereocenters. The molecular formula is C23H26ClN7O2S. The summed E-state index contributed by atoms with van der Waals surface area (Å²) >= 11 is 7.23. The number of H-pyrrole nitrogens is 1. The maximum absolute atomic E-state index is 12.8. The van der Waals surface area contributed by atoms with E-state index >= 15 is 0 Å². The fraction of sp³-hybridized carbons (Fsp3) is 0.435. The van der Waals surface area contributed by atoms with Gasteiger partial charge in [0.05, 0.1) is 39.1 Å². The molecule has 0 bridgehead atoms. The van der Waals surface area contributed by atoms with Crippen LogP contribution in [0.25, 0.3) is 22.6 Å². The van der Waals surface area contributed by atoms with Crippen molar-refractivity contribution in [3.63, 3.8) is 0 Å². The molecule has 1 fully saturated rings. The molecular weight excluding hydrogens is 474 g/mol. The Labute approximate surface area is 205 Å². The quantitative estimate of drug-likeness (QED) is 0.368. The van der Waals surface area contributed by atoms with Crippen LogP contribution in [-0.4, -0.2) is 52.9 Å². The maximum Gasteiger partial charge on any atom is 0.261 e. The molecule has 1 aliphatic rings. The van der Waals surface area contributed by atoms with Crippen molar-refractivity contribution in [3.8, 4) is 11.5 Å². The lowest BCUT2D eigenvalue weighted by atomic mass is 9.87. The van der Waals surface area contributed by atoms with E-state index in [2.05, 4.69) is 43.9 Å². The first-order chi connectivity index (χ1) is 16.4. The van der Waals surface area contributed by atoms with Gasteiger partial charge in [-0.1, -0.05) is 25.4 Å². The molecule has 5 rings (SSSR count). The van der Waals surface area contributed by atoms with Gasteiger partial charge in [-0.05, 0) is 43.4 Å². The first-order valence-corrected chi connectivity index (χ1v) is 12.6. The third kappa shape index (κ3) is 4.45. The number of rotatable bonds is 6. The Morgan fingerprint density at radius 3 is 2.91 bits per heavy atom. The molecule has 1 aliphatic carbocycles. The van der Waals surface area contributed by atoms with Crippen LogP contribution in [0.2, 0.25) is 4.34 Å². The van der Waals surface area contributed by atoms with Crippen LogP contribution in [0.3, 0.4) is 0 Å². The molecule has 11 heteroatoms. The number of aliphatic hydroxyl groups is 1. The highest BCUT2D eigenvalue weighted by Gasteiger charge is 2.36. The molecule has 9 nitrogen and oxygen atoms in total. The van der Waals surface area contributed by atoms with Crippen molar-refractivity contribution in [2.24, 2.45) is 5.92 Å². The molecule has 0 saturated heterocycles. The molecule has 0 aromatic carbocycles. The number of nitrogens with zero attached hydrogens (tertiary/aromatic N) is 5. The maximum atomic E-state index is 12.8. The summed E-state index contributed by atoms with van der Waals surface area (Å²) in [7, 11) is 0. The largest absolute Gasteiger partial charge is 0.389 e. The van der Waals surface area contributed by atoms with E-state index in [1.807, 2.05) is 6.07 Å². The van der Waals surface area contributed by atoms with Crippen molar-refractivity contribution in [1.29, 1.82) is 0 Å². The Kier molecular flexibility index (Phi) is 6.37. The molecule has 34 heavy (non-hydrogen) atoms. The van der Waals surface area contributed by atoms with Gasteiger partial charge in [-0.15, -0.1) is 11.3 Å². The number of pyridine rings is 1. The van der Waals surface area contributed by atoms with E-state index in [0.717, 1.165) is 36.1 Å². The molecule has 0 aliphatic heterocycles. The van der Waals surface area contributed by atoms with E-state index < -0.39 is 6.10 Å². The van der Waals surface area contributed by atoms with Crippen molar-refractivity contribution in [2.45, 2.75) is 57.7 Å². The van der Waals surface area contributed by atoms with E-state index in [4.69, 9.17) is 16.6 Å². The summed E-state index contributed by atoms with van der Waals surface area (Å²) in [4.78, 5) is 26.9. The van der Waals surface area contributed by atoms with Crippen molar-refractivity contribution >= 4 is 39.9 Å². The molecule has 4 aromatic rings. The minimum Gasteiger partial charge on any atom is -0.389 e. The molecule has 178 valence electrons. The summed E-state index contributed by atoms with van der Waals surface area (Å²) in [6.45, 7) is 4.29. The van der Waals surface area contributed by atoms with Gasteiger partial charge in [0, 0.05) is 6.42 Å². The second-order valence-electron chi connectivity index (χ2n) is 9.06. The number of nitrogens with one attached hydrogen (secondary N) is 2. The first-order valence-electron chi connectivity index (χ1n) is 11.4. The Morgan fingerprint density at radius 2 is 2.21 bits per heavy atom. The van der Waals surface area contributed by atoms with Crippen LogP contribution in [0.5, 0.6) is 0 Å². The van der Waals surface area contributed by atoms with Crippen LogP contribution in [-0.2, 0) is 6.42 Å².